The number of benzene rings is 1. The van der Waals surface area contributed by atoms with Crippen LogP contribution >= 0.6 is 24.2 Å². The molecule has 0 saturated carbocycles. The molecule has 1 rings (SSSR count). The van der Waals surface area contributed by atoms with Gasteiger partial charge in [-0.3, -0.25) is 4.79 Å². The molecule has 0 fully saturated rings. The van der Waals surface area contributed by atoms with E-state index in [0.29, 0.717) is 12.2 Å². The maximum atomic E-state index is 12.1. The average molecular weight is 349 g/mol. The molecule has 5 nitrogen and oxygen atoms in total. The number of hydrogen-bond acceptors (Lipinski definition) is 5. The fraction of sp³-hybridized carbons (Fsp3) is 0.533. The van der Waals surface area contributed by atoms with E-state index in [4.69, 9.17) is 15.2 Å². The lowest BCUT2D eigenvalue weighted by molar-refractivity contribution is -0.123. The smallest absolute Gasteiger partial charge is 0.237 e. The molecule has 126 valence electrons. The molecule has 0 aromatic heterocycles. The van der Waals surface area contributed by atoms with Crippen molar-refractivity contribution in [1.29, 1.82) is 0 Å². The van der Waals surface area contributed by atoms with Gasteiger partial charge in [-0.25, -0.2) is 0 Å². The summed E-state index contributed by atoms with van der Waals surface area (Å²) in [4.78, 5) is 12.1. The van der Waals surface area contributed by atoms with Crippen molar-refractivity contribution in [3.8, 4) is 11.5 Å². The second kappa shape index (κ2) is 10.6. The summed E-state index contributed by atoms with van der Waals surface area (Å²) in [5.41, 5.74) is 6.74. The van der Waals surface area contributed by atoms with E-state index in [0.717, 1.165) is 17.1 Å². The fourth-order valence-corrected chi connectivity index (χ4v) is 2.44. The van der Waals surface area contributed by atoms with E-state index < -0.39 is 6.04 Å². The highest BCUT2D eigenvalue weighted by Gasteiger charge is 2.19. The number of methoxy groups -OCH3 is 2. The van der Waals surface area contributed by atoms with Gasteiger partial charge in [0.15, 0.2) is 0 Å². The average Bonchev–Trinajstić information content (AvgIpc) is 2.51. The third-order valence-corrected chi connectivity index (χ3v) is 3.88. The molecule has 0 spiro atoms. The topological polar surface area (TPSA) is 73.6 Å². The molecule has 3 N–H and O–H groups in total. The summed E-state index contributed by atoms with van der Waals surface area (Å²) < 4.78 is 10.5. The van der Waals surface area contributed by atoms with E-state index in [9.17, 15) is 4.79 Å². The Kier molecular flexibility index (Phi) is 10.1. The Morgan fingerprint density at radius 3 is 2.59 bits per heavy atom. The highest BCUT2D eigenvalue weighted by Crippen LogP contribution is 2.29. The molecule has 0 aliphatic carbocycles. The SMILES string of the molecule is COc1ccc(OC)c(C(C)NC(=O)[C@@H](N)CCSC)c1.Cl. The molecule has 1 unspecified atom stereocenters. The van der Waals surface area contributed by atoms with Gasteiger partial charge in [-0.15, -0.1) is 12.4 Å². The summed E-state index contributed by atoms with van der Waals surface area (Å²) in [7, 11) is 3.21. The first-order valence-corrected chi connectivity index (χ1v) is 8.19. The monoisotopic (exact) mass is 348 g/mol. The summed E-state index contributed by atoms with van der Waals surface area (Å²) in [5, 5.41) is 2.92. The van der Waals surface area contributed by atoms with Crippen molar-refractivity contribution >= 4 is 30.1 Å². The summed E-state index contributed by atoms with van der Waals surface area (Å²) in [5.74, 6) is 2.15. The summed E-state index contributed by atoms with van der Waals surface area (Å²) >= 11 is 1.68. The molecule has 22 heavy (non-hydrogen) atoms. The number of halogens is 1. The molecular formula is C15H25ClN2O3S. The molecule has 0 saturated heterocycles. The van der Waals surface area contributed by atoms with E-state index in [1.165, 1.54) is 0 Å². The molecule has 7 heteroatoms. The third-order valence-electron chi connectivity index (χ3n) is 3.23. The lowest BCUT2D eigenvalue weighted by Gasteiger charge is -2.20. The van der Waals surface area contributed by atoms with Gasteiger partial charge in [0.25, 0.3) is 0 Å². The molecular weight excluding hydrogens is 324 g/mol. The van der Waals surface area contributed by atoms with Gasteiger partial charge >= 0.3 is 0 Å². The molecule has 0 heterocycles. The van der Waals surface area contributed by atoms with Gasteiger partial charge in [0.05, 0.1) is 26.3 Å². The van der Waals surface area contributed by atoms with Gasteiger partial charge in [-0.1, -0.05) is 0 Å². The maximum Gasteiger partial charge on any atom is 0.237 e. The first-order chi connectivity index (χ1) is 10.0. The summed E-state index contributed by atoms with van der Waals surface area (Å²) in [6.45, 7) is 1.90. The van der Waals surface area contributed by atoms with Crippen LogP contribution in [0.15, 0.2) is 18.2 Å². The number of nitrogens with one attached hydrogen (secondary N) is 1. The largest absolute Gasteiger partial charge is 0.497 e. The predicted molar refractivity (Wildman–Crippen MR) is 94.3 cm³/mol. The summed E-state index contributed by atoms with van der Waals surface area (Å²) in [6.07, 6.45) is 2.66. The van der Waals surface area contributed by atoms with Crippen molar-refractivity contribution in [3.63, 3.8) is 0 Å². The zero-order valence-corrected chi connectivity index (χ0v) is 15.1. The number of nitrogens with two attached hydrogens (primary N) is 1. The molecule has 0 aliphatic heterocycles. The van der Waals surface area contributed by atoms with Crippen LogP contribution in [-0.2, 0) is 4.79 Å². The van der Waals surface area contributed by atoms with E-state index in [2.05, 4.69) is 5.32 Å². The number of thioether (sulfide) groups is 1. The molecule has 1 aromatic carbocycles. The first-order valence-electron chi connectivity index (χ1n) is 6.80. The highest BCUT2D eigenvalue weighted by molar-refractivity contribution is 7.98. The van der Waals surface area contributed by atoms with E-state index in [1.807, 2.05) is 31.4 Å². The van der Waals surface area contributed by atoms with Gasteiger partial charge < -0.3 is 20.5 Å². The molecule has 1 amide bonds. The molecule has 0 radical (unpaired) electrons. The predicted octanol–water partition coefficient (Wildman–Crippen LogP) is 2.38. The highest BCUT2D eigenvalue weighted by atomic mass is 35.5. The Balaban J connectivity index is 0.00000441. The van der Waals surface area contributed by atoms with Crippen LogP contribution in [0.1, 0.15) is 24.9 Å². The van der Waals surface area contributed by atoms with Crippen LogP contribution in [0.25, 0.3) is 0 Å². The van der Waals surface area contributed by atoms with Crippen LogP contribution in [0.3, 0.4) is 0 Å². The Morgan fingerprint density at radius 1 is 1.36 bits per heavy atom. The zero-order valence-electron chi connectivity index (χ0n) is 13.4. The van der Waals surface area contributed by atoms with Crippen LogP contribution in [0, 0.1) is 0 Å². The van der Waals surface area contributed by atoms with Crippen molar-refractivity contribution < 1.29 is 14.3 Å². The Morgan fingerprint density at radius 2 is 2.05 bits per heavy atom. The lowest BCUT2D eigenvalue weighted by Crippen LogP contribution is -2.42. The minimum Gasteiger partial charge on any atom is -0.497 e. The van der Waals surface area contributed by atoms with Crippen LogP contribution < -0.4 is 20.5 Å². The van der Waals surface area contributed by atoms with E-state index >= 15 is 0 Å². The fourth-order valence-electron chi connectivity index (χ4n) is 1.95. The lowest BCUT2D eigenvalue weighted by atomic mass is 10.1. The van der Waals surface area contributed by atoms with Gasteiger partial charge in [0.1, 0.15) is 11.5 Å². The zero-order chi connectivity index (χ0) is 15.8. The Bertz CT molecular complexity index is 474. The molecule has 1 aromatic rings. The maximum absolute atomic E-state index is 12.1. The normalized spacial score (nSPS) is 12.8. The van der Waals surface area contributed by atoms with Gasteiger partial charge in [-0.2, -0.15) is 11.8 Å². The van der Waals surface area contributed by atoms with E-state index in [1.54, 1.807) is 26.0 Å². The Hall–Kier alpha value is -1.11. The molecule has 0 aliphatic rings. The van der Waals surface area contributed by atoms with Crippen molar-refractivity contribution in [2.45, 2.75) is 25.4 Å². The number of carbonyl (C=O) groups excluding carboxylic acids is 1. The van der Waals surface area contributed by atoms with Gasteiger partial charge in [0, 0.05) is 5.56 Å². The first kappa shape index (κ1) is 20.9. The second-order valence-corrected chi connectivity index (χ2v) is 5.71. The number of hydrogen-bond donors (Lipinski definition) is 2. The molecule has 0 bridgehead atoms. The van der Waals surface area contributed by atoms with Crippen LogP contribution in [0.2, 0.25) is 0 Å². The Labute approximate surface area is 142 Å². The van der Waals surface area contributed by atoms with Crippen molar-refractivity contribution in [3.05, 3.63) is 23.8 Å². The summed E-state index contributed by atoms with van der Waals surface area (Å²) in [6, 6.07) is 4.81. The minimum absolute atomic E-state index is 0. The van der Waals surface area contributed by atoms with Crippen molar-refractivity contribution in [2.75, 3.05) is 26.2 Å². The van der Waals surface area contributed by atoms with Gasteiger partial charge in [-0.05, 0) is 43.6 Å². The van der Waals surface area contributed by atoms with Crippen LogP contribution in [0.5, 0.6) is 11.5 Å². The quantitative estimate of drug-likeness (QED) is 0.754. The standard InChI is InChI=1S/C15H24N2O3S.ClH/c1-10(17-15(18)13(16)7-8-21-4)12-9-11(19-2)5-6-14(12)20-3;/h5-6,9-10,13H,7-8,16H2,1-4H3,(H,17,18);1H/t10?,13-;/m0./s1. The van der Waals surface area contributed by atoms with Gasteiger partial charge in [0.2, 0.25) is 5.91 Å². The number of ether oxygens (including phenoxy) is 2. The minimum atomic E-state index is -0.489. The van der Waals surface area contributed by atoms with Crippen LogP contribution in [-0.4, -0.2) is 38.2 Å². The number of carbonyl (C=O) groups is 1. The third kappa shape index (κ3) is 5.94. The molecule has 2 atom stereocenters. The van der Waals surface area contributed by atoms with E-state index in [-0.39, 0.29) is 24.4 Å². The number of amides is 1. The second-order valence-electron chi connectivity index (χ2n) is 4.73. The van der Waals surface area contributed by atoms with Crippen LogP contribution in [0.4, 0.5) is 0 Å². The number of rotatable bonds is 8. The van der Waals surface area contributed by atoms with Crippen molar-refractivity contribution in [2.24, 2.45) is 5.73 Å². The van der Waals surface area contributed by atoms with Crippen molar-refractivity contribution in [1.82, 2.24) is 5.32 Å².